The molecule has 0 heterocycles. The zero-order valence-electron chi connectivity index (χ0n) is 23.7. The molecule has 0 spiro atoms. The van der Waals surface area contributed by atoms with Crippen LogP contribution in [0.15, 0.2) is 158 Å². The molecule has 0 radical (unpaired) electrons. The summed E-state index contributed by atoms with van der Waals surface area (Å²) in [4.78, 5) is 0. The second-order valence-corrected chi connectivity index (χ2v) is 11.6. The fourth-order valence-electron chi connectivity index (χ4n) is 7.36. The Balaban J connectivity index is 1.22. The average Bonchev–Trinajstić information content (AvgIpc) is 3.45. The summed E-state index contributed by atoms with van der Waals surface area (Å²) in [5.74, 6) is 0. The number of hydrogen-bond acceptors (Lipinski definition) is 0. The highest BCUT2D eigenvalue weighted by Gasteiger charge is 2.23. The van der Waals surface area contributed by atoms with Gasteiger partial charge in [-0.2, -0.15) is 0 Å². The lowest BCUT2D eigenvalue weighted by Gasteiger charge is -2.18. The second-order valence-electron chi connectivity index (χ2n) is 11.6. The van der Waals surface area contributed by atoms with Crippen LogP contribution in [0.2, 0.25) is 0 Å². The SMILES string of the molecule is c1ccc(-c2c3ccccc3c(-c3ccc4c(c3)Cc3c(-c5ccc6ccccc6c5)cccc3-4)c3ccccc23)cc1. The van der Waals surface area contributed by atoms with E-state index in [1.807, 2.05) is 0 Å². The monoisotopic (exact) mass is 544 g/mol. The lowest BCUT2D eigenvalue weighted by molar-refractivity contribution is 1.26. The van der Waals surface area contributed by atoms with E-state index in [4.69, 9.17) is 0 Å². The third-order valence-corrected chi connectivity index (χ3v) is 9.28. The lowest BCUT2D eigenvalue weighted by Crippen LogP contribution is -1.91. The minimum absolute atomic E-state index is 0.944. The molecule has 0 heteroatoms. The molecule has 0 saturated carbocycles. The first-order valence-corrected chi connectivity index (χ1v) is 15.1. The molecular formula is C43H28. The minimum atomic E-state index is 0.944. The maximum absolute atomic E-state index is 2.45. The third kappa shape index (κ3) is 3.77. The van der Waals surface area contributed by atoms with E-state index in [0.717, 1.165) is 6.42 Å². The molecule has 200 valence electrons. The molecule has 8 aromatic carbocycles. The van der Waals surface area contributed by atoms with E-state index in [0.29, 0.717) is 0 Å². The average molecular weight is 545 g/mol. The first-order valence-electron chi connectivity index (χ1n) is 15.1. The Morgan fingerprint density at radius 1 is 0.326 bits per heavy atom. The Kier molecular flexibility index (Phi) is 5.36. The fraction of sp³-hybridized carbons (Fsp3) is 0.0233. The van der Waals surface area contributed by atoms with Crippen LogP contribution in [-0.4, -0.2) is 0 Å². The molecule has 0 nitrogen and oxygen atoms in total. The summed E-state index contributed by atoms with van der Waals surface area (Å²) < 4.78 is 0. The second kappa shape index (κ2) is 9.54. The van der Waals surface area contributed by atoms with Crippen molar-refractivity contribution in [3.05, 3.63) is 169 Å². The van der Waals surface area contributed by atoms with Gasteiger partial charge in [0.1, 0.15) is 0 Å². The van der Waals surface area contributed by atoms with Crippen LogP contribution < -0.4 is 0 Å². The van der Waals surface area contributed by atoms with Crippen LogP contribution in [0.25, 0.3) is 76.8 Å². The van der Waals surface area contributed by atoms with E-state index >= 15 is 0 Å². The summed E-state index contributed by atoms with van der Waals surface area (Å²) in [7, 11) is 0. The topological polar surface area (TPSA) is 0 Å². The molecule has 0 amide bonds. The van der Waals surface area contributed by atoms with Crippen molar-refractivity contribution in [1.82, 2.24) is 0 Å². The molecule has 8 aromatic rings. The van der Waals surface area contributed by atoms with Gasteiger partial charge in [-0.05, 0) is 100 Å². The number of rotatable bonds is 3. The van der Waals surface area contributed by atoms with Crippen LogP contribution in [0.5, 0.6) is 0 Å². The van der Waals surface area contributed by atoms with Gasteiger partial charge in [-0.15, -0.1) is 0 Å². The predicted molar refractivity (Wildman–Crippen MR) is 184 cm³/mol. The van der Waals surface area contributed by atoms with Gasteiger partial charge in [-0.3, -0.25) is 0 Å². The maximum atomic E-state index is 2.45. The van der Waals surface area contributed by atoms with Crippen LogP contribution >= 0.6 is 0 Å². The summed E-state index contributed by atoms with van der Waals surface area (Å²) in [6, 6.07) is 58.1. The summed E-state index contributed by atoms with van der Waals surface area (Å²) in [6.07, 6.45) is 0.944. The molecule has 1 aliphatic rings. The van der Waals surface area contributed by atoms with Crippen LogP contribution in [0.4, 0.5) is 0 Å². The molecule has 9 rings (SSSR count). The first kappa shape index (κ1) is 24.2. The van der Waals surface area contributed by atoms with E-state index in [1.165, 1.54) is 88.0 Å². The molecule has 43 heavy (non-hydrogen) atoms. The third-order valence-electron chi connectivity index (χ3n) is 9.28. The summed E-state index contributed by atoms with van der Waals surface area (Å²) in [5, 5.41) is 7.76. The molecule has 0 fully saturated rings. The van der Waals surface area contributed by atoms with E-state index < -0.39 is 0 Å². The normalized spacial score (nSPS) is 12.1. The van der Waals surface area contributed by atoms with Crippen molar-refractivity contribution >= 4 is 32.3 Å². The molecular weight excluding hydrogens is 516 g/mol. The Labute approximate surface area is 251 Å². The molecule has 1 aliphatic carbocycles. The molecule has 0 unspecified atom stereocenters. The Bertz CT molecular complexity index is 2300. The highest BCUT2D eigenvalue weighted by atomic mass is 14.3. The van der Waals surface area contributed by atoms with Crippen molar-refractivity contribution < 1.29 is 0 Å². The van der Waals surface area contributed by atoms with Gasteiger partial charge in [0, 0.05) is 0 Å². The number of hydrogen-bond donors (Lipinski definition) is 0. The molecule has 0 saturated heterocycles. The van der Waals surface area contributed by atoms with E-state index in [9.17, 15) is 0 Å². The highest BCUT2D eigenvalue weighted by molar-refractivity contribution is 6.21. The lowest BCUT2D eigenvalue weighted by atomic mass is 9.85. The zero-order chi connectivity index (χ0) is 28.3. The number of fused-ring (bicyclic) bond motifs is 6. The Hall–Kier alpha value is -5.46. The summed E-state index contributed by atoms with van der Waals surface area (Å²) >= 11 is 0. The highest BCUT2D eigenvalue weighted by Crippen LogP contribution is 2.47. The minimum Gasteiger partial charge on any atom is -0.0622 e. The maximum Gasteiger partial charge on any atom is -0.000706 e. The van der Waals surface area contributed by atoms with Crippen molar-refractivity contribution in [3.63, 3.8) is 0 Å². The van der Waals surface area contributed by atoms with Crippen molar-refractivity contribution in [2.75, 3.05) is 0 Å². The van der Waals surface area contributed by atoms with E-state index in [1.54, 1.807) is 0 Å². The van der Waals surface area contributed by atoms with Gasteiger partial charge in [-0.1, -0.05) is 152 Å². The van der Waals surface area contributed by atoms with Crippen molar-refractivity contribution in [2.45, 2.75) is 6.42 Å². The van der Waals surface area contributed by atoms with Crippen LogP contribution in [0.1, 0.15) is 11.1 Å². The fourth-order valence-corrected chi connectivity index (χ4v) is 7.36. The van der Waals surface area contributed by atoms with Crippen LogP contribution in [-0.2, 0) is 6.42 Å². The molecule has 0 bridgehead atoms. The van der Waals surface area contributed by atoms with Crippen molar-refractivity contribution in [3.8, 4) is 44.5 Å². The number of benzene rings is 8. The van der Waals surface area contributed by atoms with Gasteiger partial charge in [0.15, 0.2) is 0 Å². The van der Waals surface area contributed by atoms with Gasteiger partial charge >= 0.3 is 0 Å². The van der Waals surface area contributed by atoms with Gasteiger partial charge < -0.3 is 0 Å². The van der Waals surface area contributed by atoms with Gasteiger partial charge in [-0.25, -0.2) is 0 Å². The molecule has 0 aliphatic heterocycles. The standard InChI is InChI=1S/C43H28/c1-2-12-29(13-3-1)42-37-15-6-8-17-39(37)43(40-18-9-7-16-38(40)42)32-23-24-35-33(26-32)27-41-34(19-10-20-36(35)41)31-22-21-28-11-4-5-14-30(28)25-31/h1-26H,27H2. The largest absolute Gasteiger partial charge is 0.0622 e. The molecule has 0 aromatic heterocycles. The molecule has 0 atom stereocenters. The summed E-state index contributed by atoms with van der Waals surface area (Å²) in [6.45, 7) is 0. The molecule has 0 N–H and O–H groups in total. The van der Waals surface area contributed by atoms with Crippen molar-refractivity contribution in [1.29, 1.82) is 0 Å². The Morgan fingerprint density at radius 2 is 0.907 bits per heavy atom. The van der Waals surface area contributed by atoms with Gasteiger partial charge in [0.25, 0.3) is 0 Å². The smallest absolute Gasteiger partial charge is 0.000706 e. The van der Waals surface area contributed by atoms with Crippen LogP contribution in [0, 0.1) is 0 Å². The van der Waals surface area contributed by atoms with E-state index in [-0.39, 0.29) is 0 Å². The van der Waals surface area contributed by atoms with Gasteiger partial charge in [0.2, 0.25) is 0 Å². The van der Waals surface area contributed by atoms with Crippen LogP contribution in [0.3, 0.4) is 0 Å². The summed E-state index contributed by atoms with van der Waals surface area (Å²) in [5.41, 5.74) is 13.3. The van der Waals surface area contributed by atoms with E-state index in [2.05, 4.69) is 158 Å². The van der Waals surface area contributed by atoms with Crippen molar-refractivity contribution in [2.24, 2.45) is 0 Å². The van der Waals surface area contributed by atoms with Gasteiger partial charge in [0.05, 0.1) is 0 Å². The predicted octanol–water partition coefficient (Wildman–Crippen LogP) is 11.7. The quantitative estimate of drug-likeness (QED) is 0.194. The Morgan fingerprint density at radius 3 is 1.63 bits per heavy atom. The zero-order valence-corrected chi connectivity index (χ0v) is 23.7. The first-order chi connectivity index (χ1) is 21.3.